The topological polar surface area (TPSA) is 62.4 Å². The number of aromatic nitrogens is 1. The monoisotopic (exact) mass is 285 g/mol. The van der Waals surface area contributed by atoms with Crippen LogP contribution in [0.4, 0.5) is 20.4 Å². The summed E-state index contributed by atoms with van der Waals surface area (Å²) in [6.45, 7) is -0.903. The van der Waals surface area contributed by atoms with Crippen molar-refractivity contribution in [3.05, 3.63) is 16.1 Å². The SMILES string of the molecule is Nc1nc(N(CCO)CC(F)F)c(Cl)cc1Cl. The van der Waals surface area contributed by atoms with Gasteiger partial charge in [-0.25, -0.2) is 13.8 Å². The van der Waals surface area contributed by atoms with Gasteiger partial charge in [0.15, 0.2) is 0 Å². The number of nitrogens with zero attached hydrogens (tertiary/aromatic N) is 2. The van der Waals surface area contributed by atoms with Crippen LogP contribution in [-0.4, -0.2) is 36.2 Å². The average Bonchev–Trinajstić information content (AvgIpc) is 2.22. The van der Waals surface area contributed by atoms with E-state index in [-0.39, 0.29) is 34.8 Å². The highest BCUT2D eigenvalue weighted by Crippen LogP contribution is 2.30. The number of hydrogen-bond donors (Lipinski definition) is 2. The lowest BCUT2D eigenvalue weighted by molar-refractivity contribution is 0.152. The van der Waals surface area contributed by atoms with Crippen LogP contribution in [0.3, 0.4) is 0 Å². The molecule has 0 saturated carbocycles. The summed E-state index contributed by atoms with van der Waals surface area (Å²) in [5.41, 5.74) is 5.48. The smallest absolute Gasteiger partial charge is 0.255 e. The number of hydrogen-bond acceptors (Lipinski definition) is 4. The van der Waals surface area contributed by atoms with E-state index in [1.165, 1.54) is 6.07 Å². The van der Waals surface area contributed by atoms with E-state index in [2.05, 4.69) is 4.98 Å². The summed E-state index contributed by atoms with van der Waals surface area (Å²) in [6, 6.07) is 1.33. The Morgan fingerprint density at radius 1 is 1.41 bits per heavy atom. The highest BCUT2D eigenvalue weighted by molar-refractivity contribution is 6.37. The third-order valence-corrected chi connectivity index (χ3v) is 2.55. The molecule has 1 aromatic rings. The van der Waals surface area contributed by atoms with Crippen molar-refractivity contribution in [1.29, 1.82) is 0 Å². The molecule has 0 radical (unpaired) electrons. The number of halogens is 4. The highest BCUT2D eigenvalue weighted by atomic mass is 35.5. The molecule has 4 nitrogen and oxygen atoms in total. The van der Waals surface area contributed by atoms with Crippen molar-refractivity contribution in [3.63, 3.8) is 0 Å². The van der Waals surface area contributed by atoms with Gasteiger partial charge in [0.25, 0.3) is 6.43 Å². The largest absolute Gasteiger partial charge is 0.395 e. The van der Waals surface area contributed by atoms with Crippen molar-refractivity contribution in [2.45, 2.75) is 6.43 Å². The van der Waals surface area contributed by atoms with Crippen LogP contribution in [-0.2, 0) is 0 Å². The summed E-state index contributed by atoms with van der Waals surface area (Å²) in [5, 5.41) is 9.07. The Balaban J connectivity index is 3.04. The minimum Gasteiger partial charge on any atom is -0.395 e. The summed E-state index contributed by atoms with van der Waals surface area (Å²) in [4.78, 5) is 4.99. The number of alkyl halides is 2. The van der Waals surface area contributed by atoms with Crippen molar-refractivity contribution in [2.75, 3.05) is 30.3 Å². The molecule has 1 heterocycles. The molecule has 0 aliphatic rings. The maximum atomic E-state index is 12.4. The second-order valence-corrected chi connectivity index (χ2v) is 4.04. The second kappa shape index (κ2) is 6.18. The van der Waals surface area contributed by atoms with Gasteiger partial charge < -0.3 is 15.7 Å². The molecule has 0 aliphatic carbocycles. The molecular formula is C9H11Cl2F2N3O. The molecule has 0 saturated heterocycles. The number of nitrogen functional groups attached to an aromatic ring is 1. The van der Waals surface area contributed by atoms with Gasteiger partial charge in [0, 0.05) is 6.54 Å². The van der Waals surface area contributed by atoms with Crippen LogP contribution in [0.2, 0.25) is 10.0 Å². The minimum atomic E-state index is -2.57. The molecule has 0 bridgehead atoms. The number of rotatable bonds is 5. The number of aliphatic hydroxyl groups excluding tert-OH is 1. The van der Waals surface area contributed by atoms with Gasteiger partial charge >= 0.3 is 0 Å². The van der Waals surface area contributed by atoms with Crippen molar-refractivity contribution < 1.29 is 13.9 Å². The minimum absolute atomic E-state index is 0.00303. The number of nitrogens with two attached hydrogens (primary N) is 1. The van der Waals surface area contributed by atoms with Gasteiger partial charge in [0.05, 0.1) is 23.2 Å². The van der Waals surface area contributed by atoms with E-state index in [1.54, 1.807) is 0 Å². The molecule has 1 rings (SSSR count). The predicted octanol–water partition coefficient (Wildman–Crippen LogP) is 2.03. The molecule has 8 heteroatoms. The lowest BCUT2D eigenvalue weighted by atomic mass is 10.3. The predicted molar refractivity (Wildman–Crippen MR) is 64.0 cm³/mol. The summed E-state index contributed by atoms with van der Waals surface area (Å²) in [6.07, 6.45) is -2.57. The highest BCUT2D eigenvalue weighted by Gasteiger charge is 2.18. The standard InChI is InChI=1S/C9H11Cl2F2N3O/c10-5-3-6(11)9(15-8(5)14)16(1-2-17)4-7(12)13/h3,7,17H,1-2,4H2,(H2,14,15). The summed E-state index contributed by atoms with van der Waals surface area (Å²) >= 11 is 11.5. The first-order valence-corrected chi connectivity index (χ1v) is 5.46. The van der Waals surface area contributed by atoms with Crippen LogP contribution < -0.4 is 10.6 Å². The Hall–Kier alpha value is -0.850. The van der Waals surface area contributed by atoms with E-state index in [0.29, 0.717) is 0 Å². The van der Waals surface area contributed by atoms with Crippen LogP contribution in [0.15, 0.2) is 6.07 Å². The van der Waals surface area contributed by atoms with Crippen LogP contribution in [0.5, 0.6) is 0 Å². The van der Waals surface area contributed by atoms with Gasteiger partial charge in [-0.3, -0.25) is 0 Å². The Labute approximate surface area is 107 Å². The van der Waals surface area contributed by atoms with Crippen molar-refractivity contribution in [1.82, 2.24) is 4.98 Å². The average molecular weight is 286 g/mol. The van der Waals surface area contributed by atoms with Gasteiger partial charge in [0.2, 0.25) is 0 Å². The molecule has 1 aromatic heterocycles. The quantitative estimate of drug-likeness (QED) is 0.869. The molecule has 0 spiro atoms. The van der Waals surface area contributed by atoms with E-state index in [1.807, 2.05) is 0 Å². The fourth-order valence-corrected chi connectivity index (χ4v) is 1.74. The van der Waals surface area contributed by atoms with E-state index >= 15 is 0 Å². The van der Waals surface area contributed by atoms with Crippen molar-refractivity contribution in [3.8, 4) is 0 Å². The summed E-state index contributed by atoms with van der Waals surface area (Å²) < 4.78 is 24.7. The molecule has 0 fully saturated rings. The first kappa shape index (κ1) is 14.2. The molecule has 0 aliphatic heterocycles. The fourth-order valence-electron chi connectivity index (χ4n) is 1.26. The normalized spacial score (nSPS) is 10.9. The van der Waals surface area contributed by atoms with Gasteiger partial charge in [0.1, 0.15) is 11.6 Å². The molecular weight excluding hydrogens is 275 g/mol. The van der Waals surface area contributed by atoms with Gasteiger partial charge in [-0.15, -0.1) is 0 Å². The third-order valence-electron chi connectivity index (χ3n) is 1.97. The maximum Gasteiger partial charge on any atom is 0.255 e. The Bertz CT molecular complexity index is 393. The first-order valence-electron chi connectivity index (χ1n) is 4.71. The number of pyridine rings is 1. The van der Waals surface area contributed by atoms with Gasteiger partial charge in [-0.05, 0) is 6.07 Å². The zero-order valence-electron chi connectivity index (χ0n) is 8.71. The Morgan fingerprint density at radius 2 is 2.06 bits per heavy atom. The molecule has 96 valence electrons. The van der Waals surface area contributed by atoms with Crippen molar-refractivity contribution in [2.24, 2.45) is 0 Å². The van der Waals surface area contributed by atoms with Gasteiger partial charge in [-0.1, -0.05) is 23.2 Å². The number of anilines is 2. The molecule has 0 aromatic carbocycles. The van der Waals surface area contributed by atoms with Crippen LogP contribution in [0.1, 0.15) is 0 Å². The number of aliphatic hydroxyl groups is 1. The maximum absolute atomic E-state index is 12.4. The lowest BCUT2D eigenvalue weighted by Crippen LogP contribution is -2.32. The molecule has 0 atom stereocenters. The summed E-state index contributed by atoms with van der Waals surface area (Å²) in [7, 11) is 0. The Kier molecular flexibility index (Phi) is 5.17. The Morgan fingerprint density at radius 3 is 2.59 bits per heavy atom. The molecule has 3 N–H and O–H groups in total. The summed E-state index contributed by atoms with van der Waals surface area (Å²) in [5.74, 6) is 0.0891. The molecule has 0 amide bonds. The second-order valence-electron chi connectivity index (χ2n) is 3.22. The van der Waals surface area contributed by atoms with E-state index in [4.69, 9.17) is 34.0 Å². The molecule has 0 unspecified atom stereocenters. The zero-order valence-corrected chi connectivity index (χ0v) is 10.2. The molecule has 17 heavy (non-hydrogen) atoms. The first-order chi connectivity index (χ1) is 7.95. The van der Waals surface area contributed by atoms with Crippen molar-refractivity contribution >= 4 is 34.8 Å². The third kappa shape index (κ3) is 3.83. The van der Waals surface area contributed by atoms with E-state index < -0.39 is 13.0 Å². The van der Waals surface area contributed by atoms with Crippen LogP contribution >= 0.6 is 23.2 Å². The van der Waals surface area contributed by atoms with E-state index in [0.717, 1.165) is 4.90 Å². The van der Waals surface area contributed by atoms with E-state index in [9.17, 15) is 8.78 Å². The lowest BCUT2D eigenvalue weighted by Gasteiger charge is -2.23. The zero-order chi connectivity index (χ0) is 13.0. The van der Waals surface area contributed by atoms with Gasteiger partial charge in [-0.2, -0.15) is 0 Å². The fraction of sp³-hybridized carbons (Fsp3) is 0.444. The van der Waals surface area contributed by atoms with Crippen LogP contribution in [0.25, 0.3) is 0 Å². The van der Waals surface area contributed by atoms with Crippen LogP contribution in [0, 0.1) is 0 Å².